The number of amides is 3. The molecule has 1 fully saturated rings. The van der Waals surface area contributed by atoms with Crippen LogP contribution in [0.5, 0.6) is 0 Å². The predicted molar refractivity (Wildman–Crippen MR) is 81.9 cm³/mol. The quantitative estimate of drug-likeness (QED) is 0.850. The van der Waals surface area contributed by atoms with E-state index in [1.807, 2.05) is 26.0 Å². The summed E-state index contributed by atoms with van der Waals surface area (Å²) < 4.78 is 0. The van der Waals surface area contributed by atoms with E-state index in [0.717, 1.165) is 16.7 Å². The lowest BCUT2D eigenvalue weighted by atomic mass is 9.99. The van der Waals surface area contributed by atoms with Gasteiger partial charge in [0.1, 0.15) is 6.04 Å². The third-order valence-electron chi connectivity index (χ3n) is 4.42. The van der Waals surface area contributed by atoms with Crippen LogP contribution in [-0.4, -0.2) is 28.7 Å². The number of fused-ring (bicyclic) bond motifs is 1. The van der Waals surface area contributed by atoms with Gasteiger partial charge in [0, 0.05) is 12.0 Å². The Kier molecular flexibility index (Phi) is 3.35. The van der Waals surface area contributed by atoms with E-state index in [2.05, 4.69) is 11.9 Å². The molecule has 0 saturated carbocycles. The van der Waals surface area contributed by atoms with Gasteiger partial charge in [0.15, 0.2) is 0 Å². The summed E-state index contributed by atoms with van der Waals surface area (Å²) in [4.78, 5) is 37.6. The van der Waals surface area contributed by atoms with E-state index in [0.29, 0.717) is 12.0 Å². The molecule has 0 aliphatic carbocycles. The molecule has 2 heterocycles. The number of piperidine rings is 1. The third kappa shape index (κ3) is 2.13. The number of nitrogens with zero attached hydrogens (tertiary/aromatic N) is 1. The van der Waals surface area contributed by atoms with Gasteiger partial charge in [-0.2, -0.15) is 0 Å². The van der Waals surface area contributed by atoms with Crippen LogP contribution in [0.1, 0.15) is 54.2 Å². The fourth-order valence-electron chi connectivity index (χ4n) is 3.19. The Hall–Kier alpha value is -2.43. The van der Waals surface area contributed by atoms with Crippen LogP contribution < -0.4 is 5.32 Å². The molecular formula is C17H18N2O3. The number of hydrogen-bond acceptors (Lipinski definition) is 3. The van der Waals surface area contributed by atoms with Crippen molar-refractivity contribution < 1.29 is 14.4 Å². The molecule has 1 aromatic rings. The Morgan fingerprint density at radius 3 is 2.68 bits per heavy atom. The number of hydrogen-bond donors (Lipinski definition) is 1. The van der Waals surface area contributed by atoms with Crippen LogP contribution in [0, 0.1) is 0 Å². The molecule has 0 aromatic heterocycles. The van der Waals surface area contributed by atoms with Crippen LogP contribution in [-0.2, 0) is 9.59 Å². The summed E-state index contributed by atoms with van der Waals surface area (Å²) in [5, 5.41) is 2.32. The summed E-state index contributed by atoms with van der Waals surface area (Å²) in [7, 11) is 0. The van der Waals surface area contributed by atoms with Crippen molar-refractivity contribution in [1.29, 1.82) is 0 Å². The zero-order valence-corrected chi connectivity index (χ0v) is 12.7. The number of benzene rings is 1. The van der Waals surface area contributed by atoms with Crippen molar-refractivity contribution in [3.05, 3.63) is 41.5 Å². The van der Waals surface area contributed by atoms with Crippen LogP contribution in [0.3, 0.4) is 0 Å². The number of carbonyl (C=O) groups is 3. The first-order chi connectivity index (χ1) is 10.4. The summed E-state index contributed by atoms with van der Waals surface area (Å²) in [6.45, 7) is 7.75. The predicted octanol–water partition coefficient (Wildman–Crippen LogP) is 2.04. The number of allylic oxidation sites excluding steroid dienone is 1. The van der Waals surface area contributed by atoms with Crippen LogP contribution in [0.15, 0.2) is 24.8 Å². The number of nitrogens with one attached hydrogen (secondary N) is 1. The molecule has 0 bridgehead atoms. The molecule has 1 saturated heterocycles. The highest BCUT2D eigenvalue weighted by molar-refractivity contribution is 6.06. The zero-order chi connectivity index (χ0) is 16.0. The van der Waals surface area contributed by atoms with Crippen LogP contribution in [0.2, 0.25) is 0 Å². The first kappa shape index (κ1) is 14.5. The maximum Gasteiger partial charge on any atom is 0.255 e. The van der Waals surface area contributed by atoms with Gasteiger partial charge in [-0.25, -0.2) is 0 Å². The average Bonchev–Trinajstić information content (AvgIpc) is 2.71. The lowest BCUT2D eigenvalue weighted by Crippen LogP contribution is -2.53. The Balaban J connectivity index is 1.96. The highest BCUT2D eigenvalue weighted by Gasteiger charge is 2.43. The molecule has 5 nitrogen and oxygen atoms in total. The fourth-order valence-corrected chi connectivity index (χ4v) is 3.19. The first-order valence-electron chi connectivity index (χ1n) is 7.36. The first-order valence-corrected chi connectivity index (χ1v) is 7.36. The zero-order valence-electron chi connectivity index (χ0n) is 12.7. The van der Waals surface area contributed by atoms with Gasteiger partial charge in [-0.15, -0.1) is 0 Å². The topological polar surface area (TPSA) is 66.5 Å². The van der Waals surface area contributed by atoms with E-state index >= 15 is 0 Å². The summed E-state index contributed by atoms with van der Waals surface area (Å²) in [6, 6.07) is 4.86. The number of imide groups is 1. The largest absolute Gasteiger partial charge is 0.320 e. The highest BCUT2D eigenvalue weighted by atomic mass is 16.2. The molecule has 0 radical (unpaired) electrons. The summed E-state index contributed by atoms with van der Waals surface area (Å²) in [6.07, 6.45) is 0.641. The van der Waals surface area contributed by atoms with Crippen molar-refractivity contribution in [1.82, 2.24) is 10.2 Å². The minimum atomic E-state index is -0.583. The maximum absolute atomic E-state index is 12.7. The second-order valence-corrected chi connectivity index (χ2v) is 5.94. The molecule has 5 heteroatoms. The maximum atomic E-state index is 12.7. The normalized spacial score (nSPS) is 24.3. The van der Waals surface area contributed by atoms with Gasteiger partial charge in [0.25, 0.3) is 5.91 Å². The summed E-state index contributed by atoms with van der Waals surface area (Å²) in [5.74, 6) is -0.808. The Morgan fingerprint density at radius 1 is 1.32 bits per heavy atom. The number of carbonyl (C=O) groups excluding carboxylic acids is 3. The van der Waals surface area contributed by atoms with E-state index in [1.54, 1.807) is 11.0 Å². The lowest BCUT2D eigenvalue weighted by molar-refractivity contribution is -0.137. The van der Waals surface area contributed by atoms with E-state index in [-0.39, 0.29) is 30.2 Å². The minimum Gasteiger partial charge on any atom is -0.320 e. The summed E-state index contributed by atoms with van der Waals surface area (Å²) >= 11 is 0. The van der Waals surface area contributed by atoms with E-state index in [1.165, 1.54) is 0 Å². The summed E-state index contributed by atoms with van der Waals surface area (Å²) in [5.41, 5.74) is 3.46. The standard InChI is InChI=1S/C17H18N2O3/c1-9(2)11-4-5-12-13(8-11)10(3)19(17(12)22)14-6-7-15(20)18-16(14)21/h4-5,8,10,14H,1,6-7H2,2-3H3,(H,18,20,21). The van der Waals surface area contributed by atoms with Gasteiger partial charge in [0.2, 0.25) is 11.8 Å². The fraction of sp³-hybridized carbons (Fsp3) is 0.353. The molecule has 2 aliphatic heterocycles. The molecule has 2 atom stereocenters. The van der Waals surface area contributed by atoms with Gasteiger partial charge in [-0.05, 0) is 43.5 Å². The van der Waals surface area contributed by atoms with Crippen molar-refractivity contribution in [3.8, 4) is 0 Å². The van der Waals surface area contributed by atoms with Gasteiger partial charge in [-0.1, -0.05) is 18.2 Å². The van der Waals surface area contributed by atoms with Crippen LogP contribution >= 0.6 is 0 Å². The Labute approximate surface area is 129 Å². The highest BCUT2D eigenvalue weighted by Crippen LogP contribution is 2.37. The molecule has 1 N–H and O–H groups in total. The monoisotopic (exact) mass is 298 g/mol. The van der Waals surface area contributed by atoms with Crippen molar-refractivity contribution in [2.75, 3.05) is 0 Å². The molecule has 2 aliphatic rings. The van der Waals surface area contributed by atoms with Crippen molar-refractivity contribution >= 4 is 23.3 Å². The SMILES string of the molecule is C=C(C)c1ccc2c(c1)C(C)N(C1CCC(=O)NC1=O)C2=O. The van der Waals surface area contributed by atoms with Gasteiger partial charge in [-0.3, -0.25) is 19.7 Å². The molecule has 0 spiro atoms. The van der Waals surface area contributed by atoms with Gasteiger partial charge >= 0.3 is 0 Å². The molecule has 22 heavy (non-hydrogen) atoms. The lowest BCUT2D eigenvalue weighted by Gasteiger charge is -2.32. The van der Waals surface area contributed by atoms with Crippen molar-refractivity contribution in [2.45, 2.75) is 38.8 Å². The molecule has 3 rings (SSSR count). The molecule has 2 unspecified atom stereocenters. The van der Waals surface area contributed by atoms with E-state index < -0.39 is 6.04 Å². The Bertz CT molecular complexity index is 708. The molecule has 3 amide bonds. The second kappa shape index (κ2) is 5.09. The molecular weight excluding hydrogens is 280 g/mol. The molecule has 114 valence electrons. The van der Waals surface area contributed by atoms with Gasteiger partial charge < -0.3 is 4.90 Å². The van der Waals surface area contributed by atoms with Crippen molar-refractivity contribution in [2.24, 2.45) is 0 Å². The minimum absolute atomic E-state index is 0.148. The van der Waals surface area contributed by atoms with E-state index in [9.17, 15) is 14.4 Å². The van der Waals surface area contributed by atoms with Crippen LogP contribution in [0.25, 0.3) is 5.57 Å². The van der Waals surface area contributed by atoms with Crippen molar-refractivity contribution in [3.63, 3.8) is 0 Å². The second-order valence-electron chi connectivity index (χ2n) is 5.94. The third-order valence-corrected chi connectivity index (χ3v) is 4.42. The smallest absolute Gasteiger partial charge is 0.255 e. The van der Waals surface area contributed by atoms with Crippen LogP contribution in [0.4, 0.5) is 0 Å². The molecule has 1 aromatic carbocycles. The van der Waals surface area contributed by atoms with Gasteiger partial charge in [0.05, 0.1) is 6.04 Å². The number of rotatable bonds is 2. The average molecular weight is 298 g/mol. The Morgan fingerprint density at radius 2 is 2.05 bits per heavy atom. The van der Waals surface area contributed by atoms with E-state index in [4.69, 9.17) is 0 Å².